The van der Waals surface area contributed by atoms with Crippen LogP contribution in [0.3, 0.4) is 0 Å². The molecule has 0 aliphatic heterocycles. The number of ether oxygens (including phenoxy) is 3. The monoisotopic (exact) mass is 468 g/mol. The number of carbonyl (C=O) groups is 2. The summed E-state index contributed by atoms with van der Waals surface area (Å²) in [6.07, 6.45) is -4.40. The maximum Gasteiger partial charge on any atom is 0.313 e. The molecule has 0 saturated carbocycles. The first kappa shape index (κ1) is 25.4. The first-order chi connectivity index (χ1) is 16.5. The van der Waals surface area contributed by atoms with Crippen LogP contribution in [0, 0.1) is 0 Å². The van der Waals surface area contributed by atoms with Gasteiger partial charge in [0.25, 0.3) is 0 Å². The first-order valence-corrected chi connectivity index (χ1v) is 10.8. The summed E-state index contributed by atoms with van der Waals surface area (Å²) in [7, 11) is 0. The Balaban J connectivity index is 1.70. The lowest BCUT2D eigenvalue weighted by Gasteiger charge is -2.30. The second kappa shape index (κ2) is 12.8. The van der Waals surface area contributed by atoms with E-state index in [0.717, 1.165) is 5.56 Å². The summed E-state index contributed by atoms with van der Waals surface area (Å²) < 4.78 is 46.7. The Morgan fingerprint density at radius 2 is 1.18 bits per heavy atom. The van der Waals surface area contributed by atoms with Crippen LogP contribution in [0.15, 0.2) is 91.0 Å². The van der Waals surface area contributed by atoms with Crippen LogP contribution in [0.5, 0.6) is 0 Å². The van der Waals surface area contributed by atoms with E-state index in [0.29, 0.717) is 11.1 Å². The Labute approximate surface area is 197 Å². The van der Waals surface area contributed by atoms with Crippen LogP contribution in [0.4, 0.5) is 8.78 Å². The molecule has 0 aromatic heterocycles. The van der Waals surface area contributed by atoms with Gasteiger partial charge in [-0.05, 0) is 16.7 Å². The molecule has 34 heavy (non-hydrogen) atoms. The highest BCUT2D eigenvalue weighted by Gasteiger charge is 2.52. The van der Waals surface area contributed by atoms with E-state index in [1.54, 1.807) is 84.9 Å². The number of alkyl halides is 2. The van der Waals surface area contributed by atoms with Gasteiger partial charge in [-0.2, -0.15) is 8.78 Å². The standard InChI is InChI=1S/C27H26F2O5/c28-27(29,25(16-30)33-18-22-12-6-2-7-13-22)26(34-19-23-14-8-3-9-15-23)24(31)20-32-17-21-10-4-1-5-11-21/h1-16,25-26H,17-20H2/t25-,26+/m0/s1. The second-order valence-corrected chi connectivity index (χ2v) is 7.65. The lowest BCUT2D eigenvalue weighted by atomic mass is 10.0. The molecule has 178 valence electrons. The molecule has 0 aliphatic rings. The van der Waals surface area contributed by atoms with Gasteiger partial charge in [0, 0.05) is 0 Å². The molecule has 2 atom stereocenters. The maximum absolute atomic E-state index is 15.4. The predicted molar refractivity (Wildman–Crippen MR) is 122 cm³/mol. The van der Waals surface area contributed by atoms with Crippen molar-refractivity contribution in [2.75, 3.05) is 6.61 Å². The van der Waals surface area contributed by atoms with Gasteiger partial charge in [-0.3, -0.25) is 4.79 Å². The van der Waals surface area contributed by atoms with Gasteiger partial charge in [0.1, 0.15) is 6.61 Å². The third-order valence-corrected chi connectivity index (χ3v) is 5.03. The van der Waals surface area contributed by atoms with E-state index in [1.165, 1.54) is 0 Å². The third-order valence-electron chi connectivity index (χ3n) is 5.03. The average Bonchev–Trinajstić information content (AvgIpc) is 2.86. The minimum absolute atomic E-state index is 0.0000762. The van der Waals surface area contributed by atoms with E-state index in [2.05, 4.69) is 0 Å². The summed E-state index contributed by atoms with van der Waals surface area (Å²) in [5.41, 5.74) is 2.01. The predicted octanol–water partition coefficient (Wildman–Crippen LogP) is 4.78. The van der Waals surface area contributed by atoms with Crippen molar-refractivity contribution >= 4 is 12.1 Å². The minimum atomic E-state index is -3.92. The average molecular weight is 468 g/mol. The minimum Gasteiger partial charge on any atom is -0.369 e. The molecule has 5 nitrogen and oxygen atoms in total. The molecule has 0 spiro atoms. The molecule has 3 rings (SSSR count). The number of benzene rings is 3. The van der Waals surface area contributed by atoms with E-state index in [-0.39, 0.29) is 26.1 Å². The van der Waals surface area contributed by atoms with Crippen LogP contribution in [0.1, 0.15) is 16.7 Å². The van der Waals surface area contributed by atoms with Crippen LogP contribution < -0.4 is 0 Å². The maximum atomic E-state index is 15.4. The van der Waals surface area contributed by atoms with Gasteiger partial charge in [0.2, 0.25) is 0 Å². The summed E-state index contributed by atoms with van der Waals surface area (Å²) >= 11 is 0. The van der Waals surface area contributed by atoms with Crippen molar-refractivity contribution in [3.63, 3.8) is 0 Å². The van der Waals surface area contributed by atoms with Crippen LogP contribution in [0.2, 0.25) is 0 Å². The number of carbonyl (C=O) groups excluding carboxylic acids is 2. The van der Waals surface area contributed by atoms with E-state index < -0.39 is 30.5 Å². The van der Waals surface area contributed by atoms with Crippen molar-refractivity contribution in [1.82, 2.24) is 0 Å². The van der Waals surface area contributed by atoms with E-state index in [4.69, 9.17) is 14.2 Å². The fourth-order valence-electron chi connectivity index (χ4n) is 3.24. The molecule has 0 fully saturated rings. The zero-order valence-corrected chi connectivity index (χ0v) is 18.5. The van der Waals surface area contributed by atoms with Crippen molar-refractivity contribution in [2.24, 2.45) is 0 Å². The quantitative estimate of drug-likeness (QED) is 0.319. The second-order valence-electron chi connectivity index (χ2n) is 7.65. The van der Waals surface area contributed by atoms with Gasteiger partial charge in [0.15, 0.2) is 24.3 Å². The normalized spacial score (nSPS) is 13.2. The zero-order chi connectivity index (χ0) is 24.2. The van der Waals surface area contributed by atoms with Gasteiger partial charge in [-0.25, -0.2) is 0 Å². The topological polar surface area (TPSA) is 61.8 Å². The molecule has 0 bridgehead atoms. The lowest BCUT2D eigenvalue weighted by Crippen LogP contribution is -2.52. The number of Topliss-reactive ketones (excluding diaryl/α,β-unsaturated/α-hetero) is 1. The Bertz CT molecular complexity index is 1010. The molecule has 0 heterocycles. The number of aldehydes is 1. The van der Waals surface area contributed by atoms with Crippen LogP contribution in [-0.4, -0.2) is 36.8 Å². The zero-order valence-electron chi connectivity index (χ0n) is 18.5. The summed E-state index contributed by atoms with van der Waals surface area (Å²) in [6.45, 7) is -0.987. The number of rotatable bonds is 14. The Morgan fingerprint density at radius 1 is 0.735 bits per heavy atom. The lowest BCUT2D eigenvalue weighted by molar-refractivity contribution is -0.208. The van der Waals surface area contributed by atoms with Crippen LogP contribution in [0.25, 0.3) is 0 Å². The van der Waals surface area contributed by atoms with Crippen molar-refractivity contribution in [3.8, 4) is 0 Å². The fourth-order valence-corrected chi connectivity index (χ4v) is 3.24. The summed E-state index contributed by atoms with van der Waals surface area (Å²) in [4.78, 5) is 24.4. The molecule has 0 radical (unpaired) electrons. The molecule has 0 saturated heterocycles. The molecule has 7 heteroatoms. The fraction of sp³-hybridized carbons (Fsp3) is 0.259. The number of hydrogen-bond acceptors (Lipinski definition) is 5. The van der Waals surface area contributed by atoms with Crippen LogP contribution in [-0.2, 0) is 43.6 Å². The van der Waals surface area contributed by atoms with Crippen molar-refractivity contribution in [2.45, 2.75) is 38.0 Å². The molecule has 0 unspecified atom stereocenters. The molecule has 0 aliphatic carbocycles. The SMILES string of the molecule is O=C[C@H](OCc1ccccc1)C(F)(F)[C@H](OCc1ccccc1)C(=O)COCc1ccccc1. The van der Waals surface area contributed by atoms with Crippen molar-refractivity contribution in [3.05, 3.63) is 108 Å². The van der Waals surface area contributed by atoms with Gasteiger partial charge >= 0.3 is 5.92 Å². The number of halogens is 2. The van der Waals surface area contributed by atoms with E-state index in [1.807, 2.05) is 6.07 Å². The molecule has 0 N–H and O–H groups in total. The largest absolute Gasteiger partial charge is 0.369 e. The van der Waals surface area contributed by atoms with Gasteiger partial charge in [0.05, 0.1) is 19.8 Å². The van der Waals surface area contributed by atoms with Gasteiger partial charge in [-0.15, -0.1) is 0 Å². The van der Waals surface area contributed by atoms with Gasteiger partial charge < -0.3 is 19.0 Å². The summed E-state index contributed by atoms with van der Waals surface area (Å²) in [5, 5.41) is 0. The molecule has 3 aromatic carbocycles. The van der Waals surface area contributed by atoms with Crippen LogP contribution >= 0.6 is 0 Å². The Kier molecular flexibility index (Phi) is 9.58. The van der Waals surface area contributed by atoms with Gasteiger partial charge in [-0.1, -0.05) is 91.0 Å². The third kappa shape index (κ3) is 7.38. The number of hydrogen-bond donors (Lipinski definition) is 0. The van der Waals surface area contributed by atoms with Crippen molar-refractivity contribution in [1.29, 1.82) is 0 Å². The smallest absolute Gasteiger partial charge is 0.313 e. The summed E-state index contributed by atoms with van der Waals surface area (Å²) in [5.74, 6) is -4.90. The summed E-state index contributed by atoms with van der Waals surface area (Å²) in [6, 6.07) is 26.2. The molecular formula is C27H26F2O5. The van der Waals surface area contributed by atoms with E-state index in [9.17, 15) is 9.59 Å². The van der Waals surface area contributed by atoms with Crippen molar-refractivity contribution < 1.29 is 32.6 Å². The Hall–Kier alpha value is -3.26. The highest BCUT2D eigenvalue weighted by Crippen LogP contribution is 2.29. The molecule has 3 aromatic rings. The Morgan fingerprint density at radius 3 is 1.65 bits per heavy atom. The number of ketones is 1. The highest BCUT2D eigenvalue weighted by atomic mass is 19.3. The highest BCUT2D eigenvalue weighted by molar-refractivity contribution is 5.86. The molecular weight excluding hydrogens is 442 g/mol. The molecule has 0 amide bonds. The first-order valence-electron chi connectivity index (χ1n) is 10.8. The van der Waals surface area contributed by atoms with E-state index >= 15 is 8.78 Å².